The van der Waals surface area contributed by atoms with Crippen LogP contribution < -0.4 is 15.8 Å². The number of nitrogens with zero attached hydrogens (tertiary/aromatic N) is 1. The van der Waals surface area contributed by atoms with E-state index in [0.717, 1.165) is 17.9 Å². The van der Waals surface area contributed by atoms with Crippen molar-refractivity contribution in [3.05, 3.63) is 29.8 Å². The van der Waals surface area contributed by atoms with Crippen LogP contribution in [0.3, 0.4) is 0 Å². The summed E-state index contributed by atoms with van der Waals surface area (Å²) in [7, 11) is 1.65. The highest BCUT2D eigenvalue weighted by Crippen LogP contribution is 2.12. The van der Waals surface area contributed by atoms with Crippen molar-refractivity contribution in [3.63, 3.8) is 0 Å². The van der Waals surface area contributed by atoms with Gasteiger partial charge in [0, 0.05) is 13.7 Å². The summed E-state index contributed by atoms with van der Waals surface area (Å²) in [4.78, 5) is 4.29. The minimum atomic E-state index is 0. The monoisotopic (exact) mass is 407 g/mol. The van der Waals surface area contributed by atoms with E-state index in [9.17, 15) is 0 Å². The zero-order valence-electron chi connectivity index (χ0n) is 13.0. The lowest BCUT2D eigenvalue weighted by Gasteiger charge is -2.08. The van der Waals surface area contributed by atoms with E-state index < -0.39 is 0 Å². The fraction of sp³-hybridized carbons (Fsp3) is 0.533. The lowest BCUT2D eigenvalue weighted by atomic mass is 10.2. The Hall–Kier alpha value is -1.02. The topological polar surface area (TPSA) is 68.9 Å². The van der Waals surface area contributed by atoms with E-state index in [0.29, 0.717) is 31.6 Å². The van der Waals surface area contributed by atoms with Gasteiger partial charge in [0.1, 0.15) is 12.4 Å². The lowest BCUT2D eigenvalue weighted by molar-refractivity contribution is 0.146. The van der Waals surface area contributed by atoms with Gasteiger partial charge in [-0.3, -0.25) is 0 Å². The second-order valence-electron chi connectivity index (χ2n) is 4.96. The molecule has 5 nitrogen and oxygen atoms in total. The van der Waals surface area contributed by atoms with E-state index in [1.54, 1.807) is 7.11 Å². The van der Waals surface area contributed by atoms with Crippen LogP contribution in [0.5, 0.6) is 5.75 Å². The summed E-state index contributed by atoms with van der Waals surface area (Å²) in [6.07, 6.45) is 0. The molecule has 0 saturated carbocycles. The first kappa shape index (κ1) is 20.0. The van der Waals surface area contributed by atoms with E-state index >= 15 is 0 Å². The Morgan fingerprint density at radius 1 is 1.24 bits per heavy atom. The molecule has 0 fully saturated rings. The standard InChI is InChI=1S/C15H25N3O2.HI/c1-12(2)10-17-15(16)18-11-13-4-6-14(7-5-13)20-9-8-19-3;/h4-7,12H,8-11H2,1-3H3,(H3,16,17,18);1H. The molecule has 1 aromatic carbocycles. The van der Waals surface area contributed by atoms with Gasteiger partial charge in [0.15, 0.2) is 5.96 Å². The summed E-state index contributed by atoms with van der Waals surface area (Å²) in [5.41, 5.74) is 6.88. The van der Waals surface area contributed by atoms with E-state index in [1.165, 1.54) is 0 Å². The van der Waals surface area contributed by atoms with Gasteiger partial charge in [-0.25, -0.2) is 4.99 Å². The molecular weight excluding hydrogens is 381 g/mol. The predicted molar refractivity (Wildman–Crippen MR) is 97.4 cm³/mol. The summed E-state index contributed by atoms with van der Waals surface area (Å²) in [6, 6.07) is 7.83. The molecule has 0 bridgehead atoms. The molecule has 0 spiro atoms. The van der Waals surface area contributed by atoms with Crippen molar-refractivity contribution in [1.82, 2.24) is 5.32 Å². The van der Waals surface area contributed by atoms with Crippen LogP contribution in [0.2, 0.25) is 0 Å². The maximum Gasteiger partial charge on any atom is 0.188 e. The molecule has 3 N–H and O–H groups in total. The molecule has 6 heteroatoms. The molecule has 1 aromatic rings. The number of benzene rings is 1. The van der Waals surface area contributed by atoms with Crippen molar-refractivity contribution in [3.8, 4) is 5.75 Å². The van der Waals surface area contributed by atoms with Crippen LogP contribution in [0, 0.1) is 5.92 Å². The smallest absolute Gasteiger partial charge is 0.188 e. The minimum absolute atomic E-state index is 0. The molecule has 120 valence electrons. The molecule has 21 heavy (non-hydrogen) atoms. The Balaban J connectivity index is 0.00000400. The molecule has 0 saturated heterocycles. The maximum absolute atomic E-state index is 5.78. The normalized spacial score (nSPS) is 11.1. The number of ether oxygens (including phenoxy) is 2. The fourth-order valence-electron chi connectivity index (χ4n) is 1.47. The van der Waals surface area contributed by atoms with Crippen LogP contribution in [-0.4, -0.2) is 32.8 Å². The molecule has 0 amide bonds. The molecule has 0 aliphatic rings. The van der Waals surface area contributed by atoms with Crippen LogP contribution in [0.25, 0.3) is 0 Å². The Kier molecular flexibility index (Phi) is 11.1. The lowest BCUT2D eigenvalue weighted by Crippen LogP contribution is -2.34. The number of nitrogens with two attached hydrogens (primary N) is 1. The Morgan fingerprint density at radius 3 is 2.48 bits per heavy atom. The second-order valence-corrected chi connectivity index (χ2v) is 4.96. The first-order valence-corrected chi connectivity index (χ1v) is 6.86. The average Bonchev–Trinajstić information content (AvgIpc) is 2.44. The summed E-state index contributed by atoms with van der Waals surface area (Å²) < 4.78 is 10.4. The first-order chi connectivity index (χ1) is 9.61. The molecule has 0 aliphatic heterocycles. The highest BCUT2D eigenvalue weighted by Gasteiger charge is 1.97. The van der Waals surface area contributed by atoms with E-state index in [4.69, 9.17) is 15.2 Å². The number of hydrogen-bond donors (Lipinski definition) is 2. The van der Waals surface area contributed by atoms with Gasteiger partial charge in [-0.15, -0.1) is 24.0 Å². The van der Waals surface area contributed by atoms with Crippen molar-refractivity contribution < 1.29 is 9.47 Å². The molecule has 0 heterocycles. The number of halogens is 1. The molecule has 0 atom stereocenters. The molecule has 0 aromatic heterocycles. The highest BCUT2D eigenvalue weighted by molar-refractivity contribution is 14.0. The third kappa shape index (κ3) is 9.52. The van der Waals surface area contributed by atoms with Gasteiger partial charge in [-0.05, 0) is 23.6 Å². The van der Waals surface area contributed by atoms with Crippen LogP contribution in [0.4, 0.5) is 0 Å². The fourth-order valence-corrected chi connectivity index (χ4v) is 1.47. The van der Waals surface area contributed by atoms with E-state index in [1.807, 2.05) is 24.3 Å². The first-order valence-electron chi connectivity index (χ1n) is 6.86. The third-order valence-corrected chi connectivity index (χ3v) is 2.60. The van der Waals surface area contributed by atoms with Gasteiger partial charge in [0.2, 0.25) is 0 Å². The van der Waals surface area contributed by atoms with Crippen LogP contribution in [0.1, 0.15) is 19.4 Å². The molecule has 0 unspecified atom stereocenters. The number of guanidine groups is 1. The average molecular weight is 407 g/mol. The van der Waals surface area contributed by atoms with E-state index in [2.05, 4.69) is 24.2 Å². The summed E-state index contributed by atoms with van der Waals surface area (Å²) in [5, 5.41) is 3.09. The number of aliphatic imine (C=N–C) groups is 1. The van der Waals surface area contributed by atoms with Gasteiger partial charge in [-0.1, -0.05) is 26.0 Å². The number of methoxy groups -OCH3 is 1. The molecular formula is C15H26IN3O2. The minimum Gasteiger partial charge on any atom is -0.491 e. The Bertz CT molecular complexity index is 408. The maximum atomic E-state index is 5.78. The van der Waals surface area contributed by atoms with Crippen molar-refractivity contribution in [2.75, 3.05) is 26.9 Å². The Morgan fingerprint density at radius 2 is 1.90 bits per heavy atom. The predicted octanol–water partition coefficient (Wildman–Crippen LogP) is 2.39. The van der Waals surface area contributed by atoms with Crippen molar-refractivity contribution in [1.29, 1.82) is 0 Å². The van der Waals surface area contributed by atoms with Gasteiger partial charge in [0.05, 0.1) is 13.2 Å². The van der Waals surface area contributed by atoms with Gasteiger partial charge < -0.3 is 20.5 Å². The molecule has 0 aliphatic carbocycles. The summed E-state index contributed by atoms with van der Waals surface area (Å²) in [5.74, 6) is 1.87. The van der Waals surface area contributed by atoms with Gasteiger partial charge >= 0.3 is 0 Å². The summed E-state index contributed by atoms with van der Waals surface area (Å²) >= 11 is 0. The SMILES string of the molecule is COCCOc1ccc(CN=C(N)NCC(C)C)cc1.I. The molecule has 1 rings (SSSR count). The number of nitrogens with one attached hydrogen (secondary N) is 1. The zero-order chi connectivity index (χ0) is 14.8. The zero-order valence-corrected chi connectivity index (χ0v) is 15.3. The number of hydrogen-bond acceptors (Lipinski definition) is 3. The number of rotatable bonds is 8. The van der Waals surface area contributed by atoms with E-state index in [-0.39, 0.29) is 24.0 Å². The Labute approximate surface area is 144 Å². The third-order valence-electron chi connectivity index (χ3n) is 2.60. The molecule has 0 radical (unpaired) electrons. The van der Waals surface area contributed by atoms with Crippen molar-refractivity contribution >= 4 is 29.9 Å². The van der Waals surface area contributed by atoms with Crippen LogP contribution in [-0.2, 0) is 11.3 Å². The quantitative estimate of drug-likeness (QED) is 0.301. The van der Waals surface area contributed by atoms with Gasteiger partial charge in [0.25, 0.3) is 0 Å². The van der Waals surface area contributed by atoms with Gasteiger partial charge in [-0.2, -0.15) is 0 Å². The van der Waals surface area contributed by atoms with Crippen LogP contribution in [0.15, 0.2) is 29.3 Å². The van der Waals surface area contributed by atoms with Crippen molar-refractivity contribution in [2.45, 2.75) is 20.4 Å². The second kappa shape index (κ2) is 11.6. The largest absolute Gasteiger partial charge is 0.491 e. The van der Waals surface area contributed by atoms with Crippen LogP contribution >= 0.6 is 24.0 Å². The highest BCUT2D eigenvalue weighted by atomic mass is 127. The van der Waals surface area contributed by atoms with Crippen molar-refractivity contribution in [2.24, 2.45) is 16.6 Å². The summed E-state index contributed by atoms with van der Waals surface area (Å²) in [6.45, 7) is 6.80.